The summed E-state index contributed by atoms with van der Waals surface area (Å²) in [6.07, 6.45) is 2.57. The fourth-order valence-electron chi connectivity index (χ4n) is 3.84. The third-order valence-corrected chi connectivity index (χ3v) is 6.23. The monoisotopic (exact) mass is 457 g/mol. The van der Waals surface area contributed by atoms with Crippen LogP contribution in [0.25, 0.3) is 0 Å². The zero-order valence-electron chi connectivity index (χ0n) is 18.9. The van der Waals surface area contributed by atoms with Crippen LogP contribution in [0, 0.1) is 0 Å². The molecule has 1 aliphatic rings. The highest BCUT2D eigenvalue weighted by Gasteiger charge is 2.29. The topological polar surface area (TPSA) is 71.1 Å². The van der Waals surface area contributed by atoms with Gasteiger partial charge < -0.3 is 24.6 Å². The summed E-state index contributed by atoms with van der Waals surface area (Å²) >= 11 is 1.66. The van der Waals surface area contributed by atoms with Gasteiger partial charge in [0, 0.05) is 26.2 Å². The molecule has 2 aromatic rings. The number of carbonyl (C=O) groups excluding carboxylic acids is 2. The van der Waals surface area contributed by atoms with Gasteiger partial charge in [-0.1, -0.05) is 24.3 Å². The number of ether oxygens (including phenoxy) is 2. The smallest absolute Gasteiger partial charge is 0.255 e. The maximum atomic E-state index is 13.3. The van der Waals surface area contributed by atoms with Crippen LogP contribution in [0.1, 0.15) is 16.8 Å². The van der Waals surface area contributed by atoms with Gasteiger partial charge in [0.15, 0.2) is 0 Å². The van der Waals surface area contributed by atoms with E-state index in [9.17, 15) is 9.59 Å². The van der Waals surface area contributed by atoms with Gasteiger partial charge in [-0.3, -0.25) is 9.59 Å². The molecule has 1 atom stereocenters. The normalized spacial score (nSPS) is 14.6. The number of nitrogens with one attached hydrogen (secondary N) is 1. The molecule has 1 heterocycles. The van der Waals surface area contributed by atoms with E-state index in [2.05, 4.69) is 10.2 Å². The average molecular weight is 458 g/mol. The quantitative estimate of drug-likeness (QED) is 0.624. The number of para-hydroxylation sites is 3. The van der Waals surface area contributed by atoms with Crippen molar-refractivity contribution in [3.05, 3.63) is 54.1 Å². The van der Waals surface area contributed by atoms with Gasteiger partial charge >= 0.3 is 0 Å². The second-order valence-corrected chi connectivity index (χ2v) is 8.48. The summed E-state index contributed by atoms with van der Waals surface area (Å²) in [7, 11) is 3.20. The van der Waals surface area contributed by atoms with Gasteiger partial charge in [0.05, 0.1) is 25.5 Å². The van der Waals surface area contributed by atoms with E-state index in [1.54, 1.807) is 37.1 Å². The van der Waals surface area contributed by atoms with Crippen molar-refractivity contribution in [1.82, 2.24) is 10.2 Å². The lowest BCUT2D eigenvalue weighted by molar-refractivity contribution is -0.133. The Labute approximate surface area is 194 Å². The van der Waals surface area contributed by atoms with Crippen molar-refractivity contribution in [1.29, 1.82) is 0 Å². The molecule has 0 radical (unpaired) electrons. The molecule has 0 aliphatic carbocycles. The molecule has 7 nitrogen and oxygen atoms in total. The van der Waals surface area contributed by atoms with Crippen molar-refractivity contribution in [2.45, 2.75) is 12.5 Å². The van der Waals surface area contributed by atoms with Crippen LogP contribution in [-0.4, -0.2) is 75.2 Å². The number of thioether (sulfide) groups is 1. The van der Waals surface area contributed by atoms with E-state index >= 15 is 0 Å². The van der Waals surface area contributed by atoms with Crippen LogP contribution in [-0.2, 0) is 4.79 Å². The van der Waals surface area contributed by atoms with Crippen LogP contribution >= 0.6 is 11.8 Å². The first kappa shape index (κ1) is 23.8. The molecule has 2 amide bonds. The minimum absolute atomic E-state index is 0.0398. The van der Waals surface area contributed by atoms with E-state index in [4.69, 9.17) is 9.47 Å². The van der Waals surface area contributed by atoms with Crippen molar-refractivity contribution in [3.63, 3.8) is 0 Å². The molecule has 1 fully saturated rings. The first-order valence-corrected chi connectivity index (χ1v) is 12.1. The Morgan fingerprint density at radius 3 is 2.25 bits per heavy atom. The zero-order valence-corrected chi connectivity index (χ0v) is 19.7. The van der Waals surface area contributed by atoms with Crippen molar-refractivity contribution < 1.29 is 19.1 Å². The Morgan fingerprint density at radius 2 is 1.59 bits per heavy atom. The Hall–Kier alpha value is -2.87. The molecule has 0 bridgehead atoms. The number of benzene rings is 2. The van der Waals surface area contributed by atoms with Crippen molar-refractivity contribution in [3.8, 4) is 11.5 Å². The van der Waals surface area contributed by atoms with Gasteiger partial charge in [0.25, 0.3) is 5.91 Å². The number of carbonyl (C=O) groups is 2. The fraction of sp³-hybridized carbons (Fsp3) is 0.417. The highest BCUT2D eigenvalue weighted by Crippen LogP contribution is 2.28. The summed E-state index contributed by atoms with van der Waals surface area (Å²) in [5.41, 5.74) is 1.46. The van der Waals surface area contributed by atoms with Gasteiger partial charge in [-0.25, -0.2) is 0 Å². The predicted molar refractivity (Wildman–Crippen MR) is 129 cm³/mol. The maximum Gasteiger partial charge on any atom is 0.255 e. The lowest BCUT2D eigenvalue weighted by atomic mass is 10.1. The van der Waals surface area contributed by atoms with Crippen LogP contribution in [0.5, 0.6) is 11.5 Å². The van der Waals surface area contributed by atoms with Crippen molar-refractivity contribution >= 4 is 29.3 Å². The first-order valence-electron chi connectivity index (χ1n) is 10.7. The molecule has 2 aromatic carbocycles. The van der Waals surface area contributed by atoms with Crippen LogP contribution < -0.4 is 19.7 Å². The van der Waals surface area contributed by atoms with Gasteiger partial charge in [-0.05, 0) is 42.7 Å². The molecule has 1 saturated heterocycles. The number of anilines is 1. The van der Waals surface area contributed by atoms with E-state index < -0.39 is 6.04 Å². The van der Waals surface area contributed by atoms with Crippen LogP contribution in [0.2, 0.25) is 0 Å². The Balaban J connectivity index is 1.66. The molecule has 0 saturated carbocycles. The van der Waals surface area contributed by atoms with Gasteiger partial charge in [-0.2, -0.15) is 11.8 Å². The SMILES string of the molecule is COc1ccccc1C(=O)N[C@H](CCSC)C(=O)N1CCN(c2ccccc2OC)CC1. The Bertz CT molecular complexity index is 916. The summed E-state index contributed by atoms with van der Waals surface area (Å²) < 4.78 is 10.8. The lowest BCUT2D eigenvalue weighted by Crippen LogP contribution is -2.55. The van der Waals surface area contributed by atoms with Gasteiger partial charge in [-0.15, -0.1) is 0 Å². The highest BCUT2D eigenvalue weighted by molar-refractivity contribution is 7.98. The second kappa shape index (κ2) is 11.7. The Kier molecular flexibility index (Phi) is 8.67. The number of hydrogen-bond donors (Lipinski definition) is 1. The zero-order chi connectivity index (χ0) is 22.9. The van der Waals surface area contributed by atoms with Crippen molar-refractivity contribution in [2.75, 3.05) is 57.3 Å². The molecular weight excluding hydrogens is 426 g/mol. The lowest BCUT2D eigenvalue weighted by Gasteiger charge is -2.38. The van der Waals surface area contributed by atoms with E-state index in [1.165, 1.54) is 7.11 Å². The van der Waals surface area contributed by atoms with Crippen molar-refractivity contribution in [2.24, 2.45) is 0 Å². The molecule has 0 aromatic heterocycles. The highest BCUT2D eigenvalue weighted by atomic mass is 32.2. The molecule has 172 valence electrons. The number of piperazine rings is 1. The molecular formula is C24H31N3O4S. The first-order chi connectivity index (χ1) is 15.6. The summed E-state index contributed by atoms with van der Waals surface area (Å²) in [5, 5.41) is 2.94. The minimum Gasteiger partial charge on any atom is -0.496 e. The van der Waals surface area contributed by atoms with E-state index in [1.807, 2.05) is 41.5 Å². The molecule has 1 N–H and O–H groups in total. The summed E-state index contributed by atoms with van der Waals surface area (Å²) in [6, 6.07) is 14.4. The number of rotatable bonds is 9. The summed E-state index contributed by atoms with van der Waals surface area (Å²) in [5.74, 6) is 1.77. The molecule has 3 rings (SSSR count). The number of nitrogens with zero attached hydrogens (tertiary/aromatic N) is 2. The van der Waals surface area contributed by atoms with E-state index in [0.29, 0.717) is 43.9 Å². The minimum atomic E-state index is -0.572. The largest absolute Gasteiger partial charge is 0.496 e. The van der Waals surface area contributed by atoms with E-state index in [-0.39, 0.29) is 11.8 Å². The Morgan fingerprint density at radius 1 is 0.969 bits per heavy atom. The molecule has 32 heavy (non-hydrogen) atoms. The molecule has 1 aliphatic heterocycles. The molecule has 0 unspecified atom stereocenters. The summed E-state index contributed by atoms with van der Waals surface area (Å²) in [4.78, 5) is 30.3. The van der Waals surface area contributed by atoms with Crippen LogP contribution in [0.3, 0.4) is 0 Å². The second-order valence-electron chi connectivity index (χ2n) is 7.49. The molecule has 0 spiro atoms. The molecule has 8 heteroatoms. The number of amides is 2. The van der Waals surface area contributed by atoms with Gasteiger partial charge in [0.2, 0.25) is 5.91 Å². The standard InChI is InChI=1S/C24H31N3O4S/c1-30-21-10-6-4-8-18(21)23(28)25-19(12-17-32-3)24(29)27-15-13-26(14-16-27)20-9-5-7-11-22(20)31-2/h4-11,19H,12-17H2,1-3H3,(H,25,28)/t19-/m1/s1. The maximum absolute atomic E-state index is 13.3. The third-order valence-electron chi connectivity index (χ3n) is 5.58. The van der Waals surface area contributed by atoms with E-state index in [0.717, 1.165) is 17.2 Å². The average Bonchev–Trinajstić information content (AvgIpc) is 2.86. The van der Waals surface area contributed by atoms with Gasteiger partial charge in [0.1, 0.15) is 17.5 Å². The fourth-order valence-corrected chi connectivity index (χ4v) is 4.31. The predicted octanol–water partition coefficient (Wildman–Crippen LogP) is 2.90. The number of methoxy groups -OCH3 is 2. The van der Waals surface area contributed by atoms with Crippen LogP contribution in [0.4, 0.5) is 5.69 Å². The summed E-state index contributed by atoms with van der Waals surface area (Å²) in [6.45, 7) is 2.61. The van der Waals surface area contributed by atoms with Crippen LogP contribution in [0.15, 0.2) is 48.5 Å². The number of hydrogen-bond acceptors (Lipinski definition) is 6. The third kappa shape index (κ3) is 5.68.